The van der Waals surface area contributed by atoms with E-state index in [4.69, 9.17) is 14.3 Å². The quantitative estimate of drug-likeness (QED) is 0.236. The van der Waals surface area contributed by atoms with Crippen LogP contribution in [0.1, 0.15) is 60.4 Å². The predicted molar refractivity (Wildman–Crippen MR) is 123 cm³/mol. The van der Waals surface area contributed by atoms with Crippen LogP contribution in [0.4, 0.5) is 0 Å². The van der Waals surface area contributed by atoms with Crippen LogP contribution in [0.5, 0.6) is 5.75 Å². The van der Waals surface area contributed by atoms with Crippen molar-refractivity contribution in [2.24, 2.45) is 5.16 Å². The molecule has 3 rings (SSSR count). The minimum atomic E-state index is -0.356. The molecule has 1 saturated carbocycles. The number of methoxy groups -OCH3 is 1. The number of ether oxygens (including phenoxy) is 2. The topological polar surface area (TPSA) is 57.1 Å². The zero-order chi connectivity index (χ0) is 22.2. The van der Waals surface area contributed by atoms with Crippen LogP contribution in [-0.2, 0) is 21.0 Å². The van der Waals surface area contributed by atoms with Crippen LogP contribution in [0.15, 0.2) is 47.6 Å². The fourth-order valence-electron chi connectivity index (χ4n) is 3.83. The molecule has 1 aliphatic rings. The highest BCUT2D eigenvalue weighted by Crippen LogP contribution is 2.26. The fourth-order valence-corrected chi connectivity index (χ4v) is 3.83. The van der Waals surface area contributed by atoms with Crippen LogP contribution in [0.3, 0.4) is 0 Å². The van der Waals surface area contributed by atoms with Gasteiger partial charge in [0.05, 0.1) is 18.9 Å². The standard InChI is InChI=1S/C26H31NO4/c1-5-23(26(28)29-4)24-13-9-6-10-20(24)17-30-25-15-18(2)21(14-19(25)3)16-27-31-22-11-7-8-12-22/h5-6,9-10,13-16,22H,7-8,11-12,17H2,1-4H3. The Bertz CT molecular complexity index is 971. The van der Waals surface area contributed by atoms with Crippen LogP contribution >= 0.6 is 0 Å². The van der Waals surface area contributed by atoms with E-state index in [0.717, 1.165) is 46.4 Å². The average Bonchev–Trinajstić information content (AvgIpc) is 3.29. The molecule has 0 radical (unpaired) electrons. The SMILES string of the molecule is CC=C(C(=O)OC)c1ccccc1COc1cc(C)c(C=NOC2CCCC2)cc1C. The average molecular weight is 422 g/mol. The zero-order valence-electron chi connectivity index (χ0n) is 18.8. The number of benzene rings is 2. The molecule has 0 saturated heterocycles. The predicted octanol–water partition coefficient (Wildman–Crippen LogP) is 5.75. The largest absolute Gasteiger partial charge is 0.489 e. The van der Waals surface area contributed by atoms with Crippen molar-refractivity contribution < 1.29 is 19.1 Å². The lowest BCUT2D eigenvalue weighted by atomic mass is 10.00. The molecule has 5 heteroatoms. The second kappa shape index (κ2) is 10.8. The highest BCUT2D eigenvalue weighted by Gasteiger charge is 2.17. The van der Waals surface area contributed by atoms with Gasteiger partial charge in [-0.2, -0.15) is 0 Å². The van der Waals surface area contributed by atoms with Crippen molar-refractivity contribution in [2.75, 3.05) is 7.11 Å². The van der Waals surface area contributed by atoms with E-state index in [1.54, 1.807) is 12.3 Å². The first-order valence-corrected chi connectivity index (χ1v) is 10.8. The summed E-state index contributed by atoms with van der Waals surface area (Å²) < 4.78 is 11.1. The number of carbonyl (C=O) groups excluding carboxylic acids is 1. The van der Waals surface area contributed by atoms with Gasteiger partial charge in [-0.05, 0) is 86.4 Å². The van der Waals surface area contributed by atoms with E-state index in [1.807, 2.05) is 51.1 Å². The van der Waals surface area contributed by atoms with Gasteiger partial charge in [-0.15, -0.1) is 0 Å². The Balaban J connectivity index is 1.72. The molecular formula is C26H31NO4. The number of allylic oxidation sites excluding steroid dienone is 1. The third kappa shape index (κ3) is 5.75. The lowest BCUT2D eigenvalue weighted by Crippen LogP contribution is -2.08. The third-order valence-electron chi connectivity index (χ3n) is 5.65. The summed E-state index contributed by atoms with van der Waals surface area (Å²) in [5.41, 5.74) is 5.38. The fraction of sp³-hybridized carbons (Fsp3) is 0.385. The lowest BCUT2D eigenvalue weighted by molar-refractivity contribution is -0.133. The van der Waals surface area contributed by atoms with Crippen LogP contribution < -0.4 is 4.74 Å². The summed E-state index contributed by atoms with van der Waals surface area (Å²) >= 11 is 0. The Kier molecular flexibility index (Phi) is 7.88. The molecule has 1 aliphatic carbocycles. The first-order chi connectivity index (χ1) is 15.0. The van der Waals surface area contributed by atoms with Crippen LogP contribution in [0.2, 0.25) is 0 Å². The van der Waals surface area contributed by atoms with E-state index in [1.165, 1.54) is 20.0 Å². The van der Waals surface area contributed by atoms with E-state index in [0.29, 0.717) is 12.2 Å². The van der Waals surface area contributed by atoms with Crippen molar-refractivity contribution in [3.05, 3.63) is 70.3 Å². The maximum absolute atomic E-state index is 12.1. The monoisotopic (exact) mass is 421 g/mol. The Morgan fingerprint density at radius 3 is 2.58 bits per heavy atom. The number of oxime groups is 1. The second-order valence-corrected chi connectivity index (χ2v) is 7.86. The van der Waals surface area contributed by atoms with Crippen LogP contribution in [0.25, 0.3) is 5.57 Å². The van der Waals surface area contributed by atoms with E-state index >= 15 is 0 Å². The molecule has 5 nitrogen and oxygen atoms in total. The summed E-state index contributed by atoms with van der Waals surface area (Å²) in [5, 5.41) is 4.20. The van der Waals surface area contributed by atoms with Crippen LogP contribution in [-0.4, -0.2) is 25.4 Å². The van der Waals surface area contributed by atoms with Gasteiger partial charge in [0.15, 0.2) is 0 Å². The molecule has 0 heterocycles. The van der Waals surface area contributed by atoms with Gasteiger partial charge < -0.3 is 14.3 Å². The van der Waals surface area contributed by atoms with Crippen molar-refractivity contribution in [1.29, 1.82) is 0 Å². The molecule has 0 bridgehead atoms. The van der Waals surface area contributed by atoms with Gasteiger partial charge in [-0.1, -0.05) is 35.5 Å². The lowest BCUT2D eigenvalue weighted by Gasteiger charge is -2.15. The number of carbonyl (C=O) groups is 1. The number of rotatable bonds is 8. The second-order valence-electron chi connectivity index (χ2n) is 7.86. The van der Waals surface area contributed by atoms with Gasteiger partial charge in [0.1, 0.15) is 18.5 Å². The molecule has 0 amide bonds. The van der Waals surface area contributed by atoms with Gasteiger partial charge in [0.2, 0.25) is 0 Å². The first kappa shape index (κ1) is 22.6. The van der Waals surface area contributed by atoms with Crippen molar-refractivity contribution in [2.45, 2.75) is 59.2 Å². The van der Waals surface area contributed by atoms with Crippen molar-refractivity contribution in [3.63, 3.8) is 0 Å². The summed E-state index contributed by atoms with van der Waals surface area (Å²) in [7, 11) is 1.39. The van der Waals surface area contributed by atoms with Gasteiger partial charge >= 0.3 is 5.97 Å². The molecule has 0 unspecified atom stereocenters. The normalized spacial score (nSPS) is 14.8. The summed E-state index contributed by atoms with van der Waals surface area (Å²) in [5.74, 6) is 0.451. The minimum Gasteiger partial charge on any atom is -0.489 e. The highest BCUT2D eigenvalue weighted by molar-refractivity contribution is 6.16. The zero-order valence-corrected chi connectivity index (χ0v) is 18.8. The Morgan fingerprint density at radius 2 is 1.87 bits per heavy atom. The van der Waals surface area contributed by atoms with Gasteiger partial charge in [0, 0.05) is 0 Å². The van der Waals surface area contributed by atoms with E-state index < -0.39 is 0 Å². The molecular weight excluding hydrogens is 390 g/mol. The van der Waals surface area contributed by atoms with E-state index in [-0.39, 0.29) is 12.1 Å². The molecule has 31 heavy (non-hydrogen) atoms. The molecule has 2 aromatic carbocycles. The Labute approximate surface area is 184 Å². The maximum atomic E-state index is 12.1. The van der Waals surface area contributed by atoms with E-state index in [2.05, 4.69) is 11.2 Å². The summed E-state index contributed by atoms with van der Waals surface area (Å²) in [4.78, 5) is 17.7. The molecule has 0 N–H and O–H groups in total. The van der Waals surface area contributed by atoms with Gasteiger partial charge in [-0.3, -0.25) is 0 Å². The number of aryl methyl sites for hydroxylation is 2. The molecule has 164 valence electrons. The number of esters is 1. The molecule has 2 aromatic rings. The summed E-state index contributed by atoms with van der Waals surface area (Å²) in [6, 6.07) is 11.8. The van der Waals surface area contributed by atoms with Gasteiger partial charge in [0.25, 0.3) is 0 Å². The number of nitrogens with zero attached hydrogens (tertiary/aromatic N) is 1. The molecule has 0 spiro atoms. The smallest absolute Gasteiger partial charge is 0.338 e. The minimum absolute atomic E-state index is 0.257. The number of hydrogen-bond acceptors (Lipinski definition) is 5. The van der Waals surface area contributed by atoms with Gasteiger partial charge in [-0.25, -0.2) is 4.79 Å². The first-order valence-electron chi connectivity index (χ1n) is 10.8. The molecule has 1 fully saturated rings. The molecule has 0 aromatic heterocycles. The maximum Gasteiger partial charge on any atom is 0.338 e. The van der Waals surface area contributed by atoms with Crippen molar-refractivity contribution in [1.82, 2.24) is 0 Å². The Morgan fingerprint density at radius 1 is 1.13 bits per heavy atom. The third-order valence-corrected chi connectivity index (χ3v) is 5.65. The Hall–Kier alpha value is -3.08. The summed E-state index contributed by atoms with van der Waals surface area (Å²) in [6.07, 6.45) is 8.44. The highest BCUT2D eigenvalue weighted by atomic mass is 16.6. The van der Waals surface area contributed by atoms with E-state index in [9.17, 15) is 4.79 Å². The molecule has 0 atom stereocenters. The van der Waals surface area contributed by atoms with Crippen LogP contribution in [0, 0.1) is 13.8 Å². The van der Waals surface area contributed by atoms with Crippen molar-refractivity contribution in [3.8, 4) is 5.75 Å². The number of hydrogen-bond donors (Lipinski definition) is 0. The molecule has 0 aliphatic heterocycles. The van der Waals surface area contributed by atoms with Crippen molar-refractivity contribution >= 4 is 17.8 Å². The summed E-state index contributed by atoms with van der Waals surface area (Å²) in [6.45, 7) is 6.23.